The molecule has 1 aromatic rings. The standard InChI is InChI=1S/C20H26BrFN2O2/c1-20(2,3)19(26)23-8-4-7-14(12-23)18(25)24-9-5-6-13-10-15(21)11-16(22)17(13)24/h10-11,14H,4-9,12H2,1-3H3. The molecule has 26 heavy (non-hydrogen) atoms. The molecule has 0 aromatic heterocycles. The Labute approximate surface area is 162 Å². The Balaban J connectivity index is 1.82. The van der Waals surface area contributed by atoms with E-state index < -0.39 is 5.41 Å². The molecule has 0 N–H and O–H groups in total. The number of rotatable bonds is 1. The number of nitrogens with zero attached hydrogens (tertiary/aromatic N) is 2. The van der Waals surface area contributed by atoms with Crippen molar-refractivity contribution in [2.45, 2.75) is 46.5 Å². The van der Waals surface area contributed by atoms with Gasteiger partial charge in [0.25, 0.3) is 0 Å². The Bertz CT molecular complexity index is 729. The molecule has 2 heterocycles. The summed E-state index contributed by atoms with van der Waals surface area (Å²) in [5.41, 5.74) is 0.833. The summed E-state index contributed by atoms with van der Waals surface area (Å²) in [5, 5.41) is 0. The van der Waals surface area contributed by atoms with Crippen molar-refractivity contribution in [3.63, 3.8) is 0 Å². The number of halogens is 2. The predicted octanol–water partition coefficient (Wildman–Crippen LogP) is 4.15. The van der Waals surface area contributed by atoms with Crippen LogP contribution in [0.5, 0.6) is 0 Å². The zero-order valence-electron chi connectivity index (χ0n) is 15.6. The summed E-state index contributed by atoms with van der Waals surface area (Å²) >= 11 is 3.33. The Morgan fingerprint density at radius 3 is 2.62 bits per heavy atom. The lowest BCUT2D eigenvalue weighted by Gasteiger charge is -2.39. The van der Waals surface area contributed by atoms with Gasteiger partial charge in [-0.25, -0.2) is 4.39 Å². The maximum Gasteiger partial charge on any atom is 0.231 e. The van der Waals surface area contributed by atoms with Gasteiger partial charge >= 0.3 is 0 Å². The van der Waals surface area contributed by atoms with Crippen molar-refractivity contribution in [1.29, 1.82) is 0 Å². The predicted molar refractivity (Wildman–Crippen MR) is 104 cm³/mol. The number of piperidine rings is 1. The van der Waals surface area contributed by atoms with E-state index in [9.17, 15) is 14.0 Å². The van der Waals surface area contributed by atoms with Gasteiger partial charge in [0.1, 0.15) is 5.82 Å². The van der Waals surface area contributed by atoms with E-state index in [1.54, 1.807) is 9.80 Å². The topological polar surface area (TPSA) is 40.6 Å². The van der Waals surface area contributed by atoms with Crippen LogP contribution in [0.3, 0.4) is 0 Å². The third kappa shape index (κ3) is 3.80. The van der Waals surface area contributed by atoms with E-state index >= 15 is 0 Å². The SMILES string of the molecule is CC(C)(C)C(=O)N1CCCC(C(=O)N2CCCc3cc(Br)cc(F)c32)C1. The summed E-state index contributed by atoms with van der Waals surface area (Å²) in [5.74, 6) is -0.604. The summed E-state index contributed by atoms with van der Waals surface area (Å²) in [6, 6.07) is 3.31. The third-order valence-corrected chi connectivity index (χ3v) is 5.63. The van der Waals surface area contributed by atoms with Crippen LogP contribution >= 0.6 is 15.9 Å². The lowest BCUT2D eigenvalue weighted by Crippen LogP contribution is -2.50. The first-order chi connectivity index (χ1) is 12.2. The Kier molecular flexibility index (Phi) is 5.42. The number of fused-ring (bicyclic) bond motifs is 1. The van der Waals surface area contributed by atoms with Crippen LogP contribution in [0.2, 0.25) is 0 Å². The molecule has 142 valence electrons. The minimum Gasteiger partial charge on any atom is -0.341 e. The molecule has 4 nitrogen and oxygen atoms in total. The number of aryl methyl sites for hydroxylation is 1. The zero-order valence-corrected chi connectivity index (χ0v) is 17.2. The number of carbonyl (C=O) groups is 2. The average Bonchev–Trinajstić information content (AvgIpc) is 2.59. The highest BCUT2D eigenvalue weighted by molar-refractivity contribution is 9.10. The van der Waals surface area contributed by atoms with Crippen molar-refractivity contribution in [2.24, 2.45) is 11.3 Å². The third-order valence-electron chi connectivity index (χ3n) is 5.17. The lowest BCUT2D eigenvalue weighted by molar-refractivity contribution is -0.142. The number of hydrogen-bond donors (Lipinski definition) is 0. The number of likely N-dealkylation sites (tertiary alicyclic amines) is 1. The molecule has 1 fully saturated rings. The quantitative estimate of drug-likeness (QED) is 0.678. The molecule has 1 aromatic carbocycles. The molecule has 2 aliphatic heterocycles. The number of amides is 2. The maximum atomic E-state index is 14.6. The smallest absolute Gasteiger partial charge is 0.231 e. The van der Waals surface area contributed by atoms with Gasteiger partial charge < -0.3 is 9.80 Å². The van der Waals surface area contributed by atoms with Crippen LogP contribution < -0.4 is 4.90 Å². The molecule has 0 bridgehead atoms. The molecule has 0 aliphatic carbocycles. The second-order valence-corrected chi connectivity index (χ2v) is 9.24. The monoisotopic (exact) mass is 424 g/mol. The molecular formula is C20H26BrFN2O2. The van der Waals surface area contributed by atoms with Gasteiger partial charge in [0.05, 0.1) is 11.6 Å². The number of carbonyl (C=O) groups excluding carboxylic acids is 2. The van der Waals surface area contributed by atoms with Gasteiger partial charge in [-0.15, -0.1) is 0 Å². The van der Waals surface area contributed by atoms with Crippen molar-refractivity contribution in [2.75, 3.05) is 24.5 Å². The normalized spacial score (nSPS) is 20.7. The van der Waals surface area contributed by atoms with Gasteiger partial charge in [-0.05, 0) is 43.4 Å². The van der Waals surface area contributed by atoms with Crippen molar-refractivity contribution in [1.82, 2.24) is 4.90 Å². The number of benzene rings is 1. The van der Waals surface area contributed by atoms with Crippen LogP contribution in [0.25, 0.3) is 0 Å². The molecule has 0 spiro atoms. The summed E-state index contributed by atoms with van der Waals surface area (Å²) in [7, 11) is 0. The van der Waals surface area contributed by atoms with Crippen molar-refractivity contribution >= 4 is 33.4 Å². The van der Waals surface area contributed by atoms with Crippen LogP contribution in [0.15, 0.2) is 16.6 Å². The highest BCUT2D eigenvalue weighted by Gasteiger charge is 2.37. The van der Waals surface area contributed by atoms with Gasteiger partial charge in [-0.3, -0.25) is 9.59 Å². The van der Waals surface area contributed by atoms with Gasteiger partial charge in [-0.1, -0.05) is 36.7 Å². The van der Waals surface area contributed by atoms with Crippen LogP contribution in [0.1, 0.15) is 45.6 Å². The minimum absolute atomic E-state index is 0.0569. The fraction of sp³-hybridized carbons (Fsp3) is 0.600. The molecule has 0 saturated carbocycles. The average molecular weight is 425 g/mol. The second-order valence-electron chi connectivity index (χ2n) is 8.33. The highest BCUT2D eigenvalue weighted by atomic mass is 79.9. The van der Waals surface area contributed by atoms with Crippen LogP contribution in [-0.4, -0.2) is 36.3 Å². The molecule has 1 unspecified atom stereocenters. The largest absolute Gasteiger partial charge is 0.341 e. The van der Waals surface area contributed by atoms with E-state index in [1.807, 2.05) is 26.8 Å². The van der Waals surface area contributed by atoms with Crippen LogP contribution in [0, 0.1) is 17.2 Å². The van der Waals surface area contributed by atoms with Gasteiger partial charge in [-0.2, -0.15) is 0 Å². The van der Waals surface area contributed by atoms with Gasteiger partial charge in [0, 0.05) is 29.5 Å². The summed E-state index contributed by atoms with van der Waals surface area (Å²) in [4.78, 5) is 29.2. The van der Waals surface area contributed by atoms with E-state index in [0.717, 1.165) is 31.2 Å². The van der Waals surface area contributed by atoms with E-state index in [1.165, 1.54) is 6.07 Å². The van der Waals surface area contributed by atoms with E-state index in [-0.39, 0.29) is 23.5 Å². The molecule has 1 atom stereocenters. The number of anilines is 1. The first kappa shape index (κ1) is 19.3. The summed E-state index contributed by atoms with van der Waals surface area (Å²) in [6.07, 6.45) is 3.15. The molecule has 2 aliphatic rings. The fourth-order valence-corrected chi connectivity index (χ4v) is 4.41. The van der Waals surface area contributed by atoms with Gasteiger partial charge in [0.15, 0.2) is 0 Å². The molecule has 6 heteroatoms. The Hall–Kier alpha value is -1.43. The van der Waals surface area contributed by atoms with Crippen LogP contribution in [-0.2, 0) is 16.0 Å². The molecular weight excluding hydrogens is 399 g/mol. The van der Waals surface area contributed by atoms with Crippen molar-refractivity contribution < 1.29 is 14.0 Å². The lowest BCUT2D eigenvalue weighted by atomic mass is 9.90. The Morgan fingerprint density at radius 1 is 1.19 bits per heavy atom. The molecule has 1 saturated heterocycles. The second kappa shape index (κ2) is 7.29. The molecule has 2 amide bonds. The zero-order chi connectivity index (χ0) is 19.1. The first-order valence-corrected chi connectivity index (χ1v) is 10.1. The summed E-state index contributed by atoms with van der Waals surface area (Å²) < 4.78 is 15.3. The fourth-order valence-electron chi connectivity index (χ4n) is 3.93. The highest BCUT2D eigenvalue weighted by Crippen LogP contribution is 2.35. The van der Waals surface area contributed by atoms with Crippen molar-refractivity contribution in [3.05, 3.63) is 28.0 Å². The summed E-state index contributed by atoms with van der Waals surface area (Å²) in [6.45, 7) is 7.35. The maximum absolute atomic E-state index is 14.6. The van der Waals surface area contributed by atoms with E-state index in [4.69, 9.17) is 0 Å². The molecule has 3 rings (SSSR count). The van der Waals surface area contributed by atoms with E-state index in [2.05, 4.69) is 15.9 Å². The minimum atomic E-state index is -0.457. The van der Waals surface area contributed by atoms with Crippen LogP contribution in [0.4, 0.5) is 10.1 Å². The van der Waals surface area contributed by atoms with E-state index in [0.29, 0.717) is 29.8 Å². The number of hydrogen-bond acceptors (Lipinski definition) is 2. The molecule has 0 radical (unpaired) electrons. The van der Waals surface area contributed by atoms with Crippen molar-refractivity contribution in [3.8, 4) is 0 Å². The Morgan fingerprint density at radius 2 is 1.92 bits per heavy atom. The first-order valence-electron chi connectivity index (χ1n) is 9.27. The van der Waals surface area contributed by atoms with Gasteiger partial charge in [0.2, 0.25) is 11.8 Å².